The van der Waals surface area contributed by atoms with Crippen LogP contribution in [0.5, 0.6) is 0 Å². The van der Waals surface area contributed by atoms with E-state index in [0.717, 1.165) is 24.3 Å². The van der Waals surface area contributed by atoms with E-state index in [1.54, 1.807) is 12.1 Å². The van der Waals surface area contributed by atoms with Crippen LogP contribution in [0, 0.1) is 88.0 Å². The van der Waals surface area contributed by atoms with Crippen molar-refractivity contribution in [3.63, 3.8) is 0 Å². The summed E-state index contributed by atoms with van der Waals surface area (Å²) in [6.45, 7) is 23.5. The van der Waals surface area contributed by atoms with E-state index < -0.39 is 23.0 Å². The average Bonchev–Trinajstić information content (AvgIpc) is 3.56. The van der Waals surface area contributed by atoms with E-state index in [0.29, 0.717) is 0 Å². The fourth-order valence-electron chi connectivity index (χ4n) is 5.48. The van der Waals surface area contributed by atoms with Crippen LogP contribution < -0.4 is 0 Å². The summed E-state index contributed by atoms with van der Waals surface area (Å²) in [4.78, 5) is 10.2. The Balaban J connectivity index is 2.11. The highest BCUT2D eigenvalue weighted by Gasteiger charge is 2.43. The number of nitriles is 5. The molecule has 0 saturated heterocycles. The molecule has 0 N–H and O–H groups in total. The van der Waals surface area contributed by atoms with Crippen LogP contribution in [0.1, 0.15) is 44.5 Å². The molecule has 10 heteroatoms. The van der Waals surface area contributed by atoms with E-state index in [1.807, 2.05) is 18.2 Å². The molecule has 0 fully saturated rings. The summed E-state index contributed by atoms with van der Waals surface area (Å²) in [6.07, 6.45) is 0. The first-order valence-corrected chi connectivity index (χ1v) is 12.2. The number of hydrogen-bond acceptors (Lipinski definition) is 5. The van der Waals surface area contributed by atoms with Crippen molar-refractivity contribution in [1.82, 2.24) is 0 Å². The van der Waals surface area contributed by atoms with Gasteiger partial charge < -0.3 is 0 Å². The summed E-state index contributed by atoms with van der Waals surface area (Å²) in [5.74, 6) is -1.21. The maximum absolute atomic E-state index is 13.9. The summed E-state index contributed by atoms with van der Waals surface area (Å²) in [6, 6.07) is 19.2. The largest absolute Gasteiger partial charge is 0.270 e. The van der Waals surface area contributed by atoms with Gasteiger partial charge in [-0.3, -0.25) is 0 Å². The molecule has 0 heterocycles. The molecule has 3 aromatic rings. The molecule has 0 aliphatic heterocycles. The number of nitrogens with zero attached hydrogens (tertiary/aromatic N) is 8. The van der Waals surface area contributed by atoms with Crippen molar-refractivity contribution in [3.05, 3.63) is 150 Å². The second-order valence-electron chi connectivity index (χ2n) is 9.08. The smallest absolute Gasteiger partial charge is 0.237 e. The van der Waals surface area contributed by atoms with E-state index in [4.69, 9.17) is 19.7 Å². The maximum atomic E-state index is 13.9. The summed E-state index contributed by atoms with van der Waals surface area (Å²) < 4.78 is 27.8. The molecule has 0 amide bonds. The first-order chi connectivity index (χ1) is 21.3. The van der Waals surface area contributed by atoms with Gasteiger partial charge in [0.1, 0.15) is 23.8 Å². The first kappa shape index (κ1) is 27.9. The lowest BCUT2D eigenvalue weighted by Crippen LogP contribution is -2.04. The van der Waals surface area contributed by atoms with Crippen molar-refractivity contribution in [1.29, 1.82) is 26.3 Å². The number of allylic oxidation sites excluding steroid dienone is 7. The zero-order valence-corrected chi connectivity index (χ0v) is 22.0. The van der Waals surface area contributed by atoms with E-state index >= 15 is 0 Å². The third-order valence-corrected chi connectivity index (χ3v) is 7.10. The average molecular weight is 566 g/mol. The van der Waals surface area contributed by atoms with Crippen LogP contribution in [-0.4, -0.2) is 0 Å². The van der Waals surface area contributed by atoms with Gasteiger partial charge in [-0.1, -0.05) is 24.3 Å². The third-order valence-electron chi connectivity index (χ3n) is 7.10. The van der Waals surface area contributed by atoms with Gasteiger partial charge in [0.15, 0.2) is 0 Å². The highest BCUT2D eigenvalue weighted by molar-refractivity contribution is 6.31. The fourth-order valence-corrected chi connectivity index (χ4v) is 5.48. The van der Waals surface area contributed by atoms with Crippen LogP contribution in [0.3, 0.4) is 0 Å². The Morgan fingerprint density at radius 3 is 1.41 bits per heavy atom. The standard InChI is InChI=1S/C34H8F2N8/c1-42-24(15-40)32-26(17-4-8-19(35)9-5-17)21(12-37)28-22(13-38)31-30(23(14-39)29(28)32)33(25(16-41)43-2)27(34(31)44-3)18-6-10-20(36)11-7-18/h4-11H/b32-24-,33-25+. The summed E-state index contributed by atoms with van der Waals surface area (Å²) in [7, 11) is 0. The summed E-state index contributed by atoms with van der Waals surface area (Å²) in [5, 5.41) is 51.5. The molecule has 3 aromatic carbocycles. The summed E-state index contributed by atoms with van der Waals surface area (Å²) >= 11 is 0. The zero-order valence-electron chi connectivity index (χ0n) is 22.0. The van der Waals surface area contributed by atoms with E-state index in [1.165, 1.54) is 24.3 Å². The van der Waals surface area contributed by atoms with Crippen LogP contribution >= 0.6 is 0 Å². The van der Waals surface area contributed by atoms with Crippen LogP contribution in [0.4, 0.5) is 8.78 Å². The molecule has 0 atom stereocenters. The van der Waals surface area contributed by atoms with Crippen molar-refractivity contribution in [2.75, 3.05) is 0 Å². The molecule has 0 spiro atoms. The van der Waals surface area contributed by atoms with E-state index in [9.17, 15) is 35.1 Å². The van der Waals surface area contributed by atoms with Crippen LogP contribution in [-0.2, 0) is 0 Å². The summed E-state index contributed by atoms with van der Waals surface area (Å²) in [5.41, 5.74) is -2.53. The Morgan fingerprint density at radius 1 is 0.568 bits per heavy atom. The van der Waals surface area contributed by atoms with E-state index in [2.05, 4.69) is 14.5 Å². The predicted molar refractivity (Wildman–Crippen MR) is 153 cm³/mol. The molecule has 2 aliphatic carbocycles. The molecular formula is C34H8F2N8. The molecule has 0 unspecified atom stereocenters. The Morgan fingerprint density at radius 2 is 1.00 bits per heavy atom. The van der Waals surface area contributed by atoms with Gasteiger partial charge in [-0.25, -0.2) is 33.8 Å². The molecule has 0 radical (unpaired) electrons. The Labute approximate surface area is 249 Å². The molecular weight excluding hydrogens is 558 g/mol. The molecule has 198 valence electrons. The van der Waals surface area contributed by atoms with Crippen LogP contribution in [0.25, 0.3) is 48.1 Å². The predicted octanol–water partition coefficient (Wildman–Crippen LogP) is 7.27. The number of fused-ring (bicyclic) bond motifs is 2. The number of benzene rings is 3. The highest BCUT2D eigenvalue weighted by Crippen LogP contribution is 2.58. The molecule has 5 rings (SSSR count). The normalized spacial score (nSPS) is 14.8. The minimum atomic E-state index is -0.605. The van der Waals surface area contributed by atoms with Gasteiger partial charge in [-0.05, 0) is 57.7 Å². The molecule has 0 saturated carbocycles. The Kier molecular flexibility index (Phi) is 6.83. The zero-order chi connectivity index (χ0) is 31.7. The van der Waals surface area contributed by atoms with Crippen LogP contribution in [0.2, 0.25) is 0 Å². The SMILES string of the molecule is [C-]#[N+]C1=C(c2ccc(F)cc2)/C(=C(/C#N)[N+]#[C-])c2c(C#N)c3c(c(C#N)c21)C(C#N)=C(c1ccc(F)cc1)/C3=C(\C#N)[N+]#[C-]. The second kappa shape index (κ2) is 10.8. The fraction of sp³-hybridized carbons (Fsp3) is 0. The topological polar surface area (TPSA) is 132 Å². The van der Waals surface area contributed by atoms with Gasteiger partial charge >= 0.3 is 0 Å². The van der Waals surface area contributed by atoms with Crippen LogP contribution in [0.15, 0.2) is 59.9 Å². The minimum Gasteiger partial charge on any atom is -0.237 e. The quantitative estimate of drug-likeness (QED) is 0.238. The number of hydrogen-bond donors (Lipinski definition) is 0. The number of halogens is 2. The van der Waals surface area contributed by atoms with Gasteiger partial charge in [0.25, 0.3) is 11.4 Å². The lowest BCUT2D eigenvalue weighted by molar-refractivity contribution is 0.627. The highest BCUT2D eigenvalue weighted by atomic mass is 19.1. The molecule has 0 aromatic heterocycles. The van der Waals surface area contributed by atoms with Gasteiger partial charge in [0.05, 0.1) is 54.6 Å². The minimum absolute atomic E-state index is 0.00307. The van der Waals surface area contributed by atoms with Gasteiger partial charge in [-0.2, -0.15) is 15.8 Å². The third kappa shape index (κ3) is 3.81. The second-order valence-corrected chi connectivity index (χ2v) is 9.08. The number of rotatable bonds is 2. The van der Waals surface area contributed by atoms with Gasteiger partial charge in [-0.15, -0.1) is 0 Å². The lowest BCUT2D eigenvalue weighted by atomic mass is 9.83. The maximum Gasteiger partial charge on any atom is 0.270 e. The molecule has 2 aliphatic rings. The van der Waals surface area contributed by atoms with Crippen molar-refractivity contribution in [2.45, 2.75) is 0 Å². The first-order valence-electron chi connectivity index (χ1n) is 12.2. The lowest BCUT2D eigenvalue weighted by Gasteiger charge is -2.17. The van der Waals surface area contributed by atoms with Crippen molar-refractivity contribution >= 4 is 33.6 Å². The molecule has 8 nitrogen and oxygen atoms in total. The van der Waals surface area contributed by atoms with Gasteiger partial charge in [0.2, 0.25) is 5.70 Å². The Hall–Kier alpha value is -7.60. The molecule has 44 heavy (non-hydrogen) atoms. The van der Waals surface area contributed by atoms with Crippen molar-refractivity contribution < 1.29 is 8.78 Å². The monoisotopic (exact) mass is 566 g/mol. The van der Waals surface area contributed by atoms with Gasteiger partial charge in [0, 0.05) is 22.3 Å². The Bertz CT molecular complexity index is 2160. The van der Waals surface area contributed by atoms with E-state index in [-0.39, 0.29) is 78.1 Å². The molecule has 0 bridgehead atoms. The van der Waals surface area contributed by atoms with Crippen molar-refractivity contribution in [2.24, 2.45) is 0 Å². The van der Waals surface area contributed by atoms with Crippen molar-refractivity contribution in [3.8, 4) is 30.3 Å².